The Labute approximate surface area is 88.4 Å². The Morgan fingerprint density at radius 3 is 2.36 bits per heavy atom. The molecular weight excluding hydrogens is 172 g/mol. The van der Waals surface area contributed by atoms with Crippen molar-refractivity contribution in [2.75, 3.05) is 6.54 Å². The summed E-state index contributed by atoms with van der Waals surface area (Å²) in [7, 11) is 0. The number of hydrogen-bond acceptors (Lipinski definition) is 2. The molecule has 0 aromatic rings. The summed E-state index contributed by atoms with van der Waals surface area (Å²) in [4.78, 5) is 0. The first-order valence-electron chi connectivity index (χ1n) is 6.18. The van der Waals surface area contributed by atoms with Crippen LogP contribution < -0.4 is 11.5 Å². The summed E-state index contributed by atoms with van der Waals surface area (Å²) in [6, 6.07) is 0. The van der Waals surface area contributed by atoms with Gasteiger partial charge in [0.25, 0.3) is 0 Å². The van der Waals surface area contributed by atoms with Crippen molar-refractivity contribution in [2.24, 2.45) is 17.4 Å². The summed E-state index contributed by atoms with van der Waals surface area (Å²) in [6.07, 6.45) is 10.2. The normalized spacial score (nSPS) is 23.4. The topological polar surface area (TPSA) is 52.0 Å². The van der Waals surface area contributed by atoms with Crippen LogP contribution in [0.5, 0.6) is 0 Å². The van der Waals surface area contributed by atoms with Crippen LogP contribution in [0.4, 0.5) is 0 Å². The second-order valence-electron chi connectivity index (χ2n) is 4.98. The van der Waals surface area contributed by atoms with Gasteiger partial charge in [-0.2, -0.15) is 0 Å². The Morgan fingerprint density at radius 2 is 1.79 bits per heavy atom. The van der Waals surface area contributed by atoms with Gasteiger partial charge < -0.3 is 11.5 Å². The molecule has 1 atom stereocenters. The third-order valence-corrected chi connectivity index (χ3v) is 3.86. The number of rotatable bonds is 5. The fourth-order valence-electron chi connectivity index (χ4n) is 2.59. The van der Waals surface area contributed by atoms with Crippen LogP contribution in [0.25, 0.3) is 0 Å². The van der Waals surface area contributed by atoms with E-state index in [0.29, 0.717) is 5.92 Å². The highest BCUT2D eigenvalue weighted by Crippen LogP contribution is 2.34. The van der Waals surface area contributed by atoms with Crippen molar-refractivity contribution in [3.63, 3.8) is 0 Å². The van der Waals surface area contributed by atoms with Crippen molar-refractivity contribution >= 4 is 0 Å². The molecule has 0 amide bonds. The summed E-state index contributed by atoms with van der Waals surface area (Å²) in [5.41, 5.74) is 12.1. The average molecular weight is 198 g/mol. The van der Waals surface area contributed by atoms with E-state index in [0.717, 1.165) is 13.0 Å². The van der Waals surface area contributed by atoms with E-state index in [2.05, 4.69) is 6.92 Å². The minimum absolute atomic E-state index is 0.146. The molecule has 0 heterocycles. The van der Waals surface area contributed by atoms with E-state index in [1.165, 1.54) is 44.9 Å². The van der Waals surface area contributed by atoms with Gasteiger partial charge in [-0.1, -0.05) is 32.6 Å². The van der Waals surface area contributed by atoms with Crippen molar-refractivity contribution in [2.45, 2.75) is 63.8 Å². The molecule has 0 aliphatic heterocycles. The molecule has 1 aliphatic carbocycles. The lowest BCUT2D eigenvalue weighted by molar-refractivity contribution is 0.196. The highest BCUT2D eigenvalue weighted by Gasteiger charge is 2.32. The van der Waals surface area contributed by atoms with Crippen LogP contribution in [-0.2, 0) is 0 Å². The van der Waals surface area contributed by atoms with Crippen LogP contribution >= 0.6 is 0 Å². The van der Waals surface area contributed by atoms with Crippen molar-refractivity contribution in [3.8, 4) is 0 Å². The van der Waals surface area contributed by atoms with E-state index < -0.39 is 0 Å². The molecule has 84 valence electrons. The van der Waals surface area contributed by atoms with Gasteiger partial charge in [-0.05, 0) is 38.1 Å². The standard InChI is InChI=1S/C12H26N2/c1-11(7-3-6-10-13)12(14)8-4-2-5-9-12/h11H,2-10,13-14H2,1H3. The molecule has 2 heteroatoms. The lowest BCUT2D eigenvalue weighted by Crippen LogP contribution is -2.47. The van der Waals surface area contributed by atoms with Crippen LogP contribution in [0.2, 0.25) is 0 Å². The Hall–Kier alpha value is -0.0800. The largest absolute Gasteiger partial charge is 0.330 e. The lowest BCUT2D eigenvalue weighted by Gasteiger charge is -2.39. The average Bonchev–Trinajstić information content (AvgIpc) is 2.19. The van der Waals surface area contributed by atoms with Crippen LogP contribution in [0.3, 0.4) is 0 Å². The lowest BCUT2D eigenvalue weighted by atomic mass is 9.72. The summed E-state index contributed by atoms with van der Waals surface area (Å²) in [5, 5.41) is 0. The number of nitrogens with two attached hydrogens (primary N) is 2. The van der Waals surface area contributed by atoms with Gasteiger partial charge in [-0.3, -0.25) is 0 Å². The Morgan fingerprint density at radius 1 is 1.14 bits per heavy atom. The molecule has 0 aromatic heterocycles. The smallest absolute Gasteiger partial charge is 0.0180 e. The predicted octanol–water partition coefficient (Wildman–Crippen LogP) is 2.41. The van der Waals surface area contributed by atoms with Gasteiger partial charge in [0.05, 0.1) is 0 Å². The molecule has 14 heavy (non-hydrogen) atoms. The second-order valence-corrected chi connectivity index (χ2v) is 4.98. The molecule has 4 N–H and O–H groups in total. The third kappa shape index (κ3) is 3.25. The first-order valence-corrected chi connectivity index (χ1v) is 6.18. The van der Waals surface area contributed by atoms with Crippen LogP contribution in [0.15, 0.2) is 0 Å². The SMILES string of the molecule is CC(CCCCN)C1(N)CCCCC1. The minimum atomic E-state index is 0.146. The highest BCUT2D eigenvalue weighted by molar-refractivity contribution is 4.91. The predicted molar refractivity (Wildman–Crippen MR) is 62.1 cm³/mol. The maximum Gasteiger partial charge on any atom is 0.0180 e. The van der Waals surface area contributed by atoms with Gasteiger partial charge in [0.15, 0.2) is 0 Å². The molecule has 0 spiro atoms. The van der Waals surface area contributed by atoms with Gasteiger partial charge in [-0.25, -0.2) is 0 Å². The van der Waals surface area contributed by atoms with Crippen molar-refractivity contribution in [1.82, 2.24) is 0 Å². The van der Waals surface area contributed by atoms with Crippen molar-refractivity contribution in [3.05, 3.63) is 0 Å². The van der Waals surface area contributed by atoms with Gasteiger partial charge in [0.2, 0.25) is 0 Å². The molecule has 1 aliphatic rings. The highest BCUT2D eigenvalue weighted by atomic mass is 14.8. The van der Waals surface area contributed by atoms with Gasteiger partial charge in [0, 0.05) is 5.54 Å². The maximum atomic E-state index is 6.45. The zero-order chi connectivity index (χ0) is 10.4. The zero-order valence-electron chi connectivity index (χ0n) is 9.60. The zero-order valence-corrected chi connectivity index (χ0v) is 9.60. The van der Waals surface area contributed by atoms with E-state index in [-0.39, 0.29) is 5.54 Å². The van der Waals surface area contributed by atoms with E-state index >= 15 is 0 Å². The molecule has 0 aromatic carbocycles. The van der Waals surface area contributed by atoms with E-state index in [4.69, 9.17) is 11.5 Å². The summed E-state index contributed by atoms with van der Waals surface area (Å²) < 4.78 is 0. The number of hydrogen-bond donors (Lipinski definition) is 2. The van der Waals surface area contributed by atoms with Gasteiger partial charge >= 0.3 is 0 Å². The molecule has 1 saturated carbocycles. The third-order valence-electron chi connectivity index (χ3n) is 3.86. The molecule has 1 unspecified atom stereocenters. The number of unbranched alkanes of at least 4 members (excludes halogenated alkanes) is 1. The van der Waals surface area contributed by atoms with Crippen molar-refractivity contribution < 1.29 is 0 Å². The molecule has 0 radical (unpaired) electrons. The first kappa shape index (κ1) is 12.0. The molecule has 0 bridgehead atoms. The molecule has 2 nitrogen and oxygen atoms in total. The second kappa shape index (κ2) is 5.72. The van der Waals surface area contributed by atoms with Gasteiger partial charge in [0.1, 0.15) is 0 Å². The Balaban J connectivity index is 2.29. The summed E-state index contributed by atoms with van der Waals surface area (Å²) in [6.45, 7) is 3.14. The van der Waals surface area contributed by atoms with Crippen LogP contribution in [0, 0.1) is 5.92 Å². The fraction of sp³-hybridized carbons (Fsp3) is 1.00. The van der Waals surface area contributed by atoms with E-state index in [1.807, 2.05) is 0 Å². The summed E-state index contributed by atoms with van der Waals surface area (Å²) in [5.74, 6) is 0.675. The Kier molecular flexibility index (Phi) is 4.90. The molecular formula is C12H26N2. The maximum absolute atomic E-state index is 6.45. The Bertz CT molecular complexity index is 150. The van der Waals surface area contributed by atoms with Crippen molar-refractivity contribution in [1.29, 1.82) is 0 Å². The molecule has 1 rings (SSSR count). The fourth-order valence-corrected chi connectivity index (χ4v) is 2.59. The monoisotopic (exact) mass is 198 g/mol. The minimum Gasteiger partial charge on any atom is -0.330 e. The van der Waals surface area contributed by atoms with Gasteiger partial charge in [-0.15, -0.1) is 0 Å². The summed E-state index contributed by atoms with van der Waals surface area (Å²) >= 11 is 0. The molecule has 1 fully saturated rings. The van der Waals surface area contributed by atoms with E-state index in [9.17, 15) is 0 Å². The first-order chi connectivity index (χ1) is 6.69. The van der Waals surface area contributed by atoms with E-state index in [1.54, 1.807) is 0 Å². The van der Waals surface area contributed by atoms with Crippen LogP contribution in [-0.4, -0.2) is 12.1 Å². The van der Waals surface area contributed by atoms with Crippen LogP contribution in [0.1, 0.15) is 58.3 Å². The quantitative estimate of drug-likeness (QED) is 0.667. The molecule has 0 saturated heterocycles.